The van der Waals surface area contributed by atoms with Gasteiger partial charge in [-0.3, -0.25) is 14.9 Å². The first-order valence-corrected chi connectivity index (χ1v) is 15.9. The Morgan fingerprint density at radius 2 is 1.64 bits per heavy atom. The predicted octanol–water partition coefficient (Wildman–Crippen LogP) is 5.99. The highest BCUT2D eigenvalue weighted by atomic mass is 32.1. The maximum Gasteiger partial charge on any atom is 0.320 e. The number of benzene rings is 2. The number of carbonyl (C=O) groups is 2. The molecule has 2 aromatic carbocycles. The van der Waals surface area contributed by atoms with Crippen molar-refractivity contribution in [2.24, 2.45) is 0 Å². The molecule has 4 aromatic rings. The fourth-order valence-electron chi connectivity index (χ4n) is 4.66. The van der Waals surface area contributed by atoms with E-state index < -0.39 is 24.3 Å². The lowest BCUT2D eigenvalue weighted by atomic mass is 9.95. The van der Waals surface area contributed by atoms with E-state index in [0.717, 1.165) is 44.9 Å². The number of hydrogen-bond acceptors (Lipinski definition) is 8. The number of ether oxygens (including phenoxy) is 1. The Kier molecular flexibility index (Phi) is 11.1. The van der Waals surface area contributed by atoms with Crippen LogP contribution in [0.1, 0.15) is 66.7 Å². The molecule has 0 spiro atoms. The van der Waals surface area contributed by atoms with E-state index >= 15 is 0 Å². The molecule has 0 bridgehead atoms. The average Bonchev–Trinajstić information content (AvgIpc) is 3.52. The van der Waals surface area contributed by atoms with E-state index in [1.807, 2.05) is 49.4 Å². The van der Waals surface area contributed by atoms with E-state index in [1.54, 1.807) is 18.5 Å². The minimum Gasteiger partial charge on any atom is -0.493 e. The second-order valence-corrected chi connectivity index (χ2v) is 13.3. The summed E-state index contributed by atoms with van der Waals surface area (Å²) in [6.45, 7) is 12.5. The monoisotopic (exact) mass is 630 g/mol. The summed E-state index contributed by atoms with van der Waals surface area (Å²) in [6, 6.07) is 15.5. The van der Waals surface area contributed by atoms with Gasteiger partial charge in [0.25, 0.3) is 5.91 Å². The number of aryl methyl sites for hydroxylation is 1. The maximum atomic E-state index is 13.2. The molecule has 0 aliphatic rings. The second kappa shape index (κ2) is 14.8. The van der Waals surface area contributed by atoms with Gasteiger partial charge in [-0.05, 0) is 73.1 Å². The zero-order valence-corrected chi connectivity index (χ0v) is 27.4. The summed E-state index contributed by atoms with van der Waals surface area (Å²) in [5, 5.41) is 25.9. The molecule has 0 aliphatic carbocycles. The average molecular weight is 631 g/mol. The zero-order valence-electron chi connectivity index (χ0n) is 26.6. The summed E-state index contributed by atoms with van der Waals surface area (Å²) in [5.41, 5.74) is 4.52. The van der Waals surface area contributed by atoms with Crippen molar-refractivity contribution in [1.82, 2.24) is 20.6 Å². The molecule has 45 heavy (non-hydrogen) atoms. The third-order valence-electron chi connectivity index (χ3n) is 7.35. The van der Waals surface area contributed by atoms with E-state index in [1.165, 1.54) is 18.3 Å². The van der Waals surface area contributed by atoms with Crippen LogP contribution in [0.15, 0.2) is 67.0 Å². The van der Waals surface area contributed by atoms with Crippen LogP contribution in [-0.2, 0) is 16.6 Å². The number of aromatic nitrogens is 2. The fraction of sp³-hybridized carbons (Fsp3) is 0.371. The van der Waals surface area contributed by atoms with Gasteiger partial charge >= 0.3 is 5.97 Å². The van der Waals surface area contributed by atoms with Gasteiger partial charge in [0.15, 0.2) is 5.82 Å². The number of aliphatic hydroxyl groups excluding tert-OH is 1. The third-order valence-corrected chi connectivity index (χ3v) is 8.86. The van der Waals surface area contributed by atoms with Gasteiger partial charge in [0.05, 0.1) is 17.5 Å². The first kappa shape index (κ1) is 33.8. The minimum atomic E-state index is -1.30. The zero-order chi connectivity index (χ0) is 32.7. The molecule has 3 atom stereocenters. The van der Waals surface area contributed by atoms with Crippen molar-refractivity contribution in [3.63, 3.8) is 0 Å². The molecule has 10 heteroatoms. The quantitative estimate of drug-likeness (QED) is 0.132. The van der Waals surface area contributed by atoms with Gasteiger partial charge < -0.3 is 20.3 Å². The van der Waals surface area contributed by atoms with Crippen molar-refractivity contribution >= 4 is 23.2 Å². The molecule has 0 fully saturated rings. The van der Waals surface area contributed by atoms with E-state index in [9.17, 15) is 19.8 Å². The maximum absolute atomic E-state index is 13.2. The van der Waals surface area contributed by atoms with Gasteiger partial charge in [-0.2, -0.15) is 0 Å². The minimum absolute atomic E-state index is 0.0969. The molecule has 3 unspecified atom stereocenters. The molecular weight excluding hydrogens is 588 g/mol. The number of aliphatic hydroxyl groups is 1. The number of carboxylic acids is 1. The van der Waals surface area contributed by atoms with Gasteiger partial charge in [0.2, 0.25) is 0 Å². The number of rotatable bonds is 13. The van der Waals surface area contributed by atoms with Crippen LogP contribution >= 0.6 is 11.3 Å². The molecule has 0 saturated carbocycles. The van der Waals surface area contributed by atoms with Gasteiger partial charge in [-0.15, -0.1) is 11.3 Å². The Labute approximate surface area is 268 Å². The van der Waals surface area contributed by atoms with Gasteiger partial charge in [0, 0.05) is 28.4 Å². The lowest BCUT2D eigenvalue weighted by molar-refractivity contribution is -0.140. The number of carboxylic acid groups (broad SMARTS) is 1. The Morgan fingerprint density at radius 1 is 0.978 bits per heavy atom. The molecule has 0 aliphatic heterocycles. The van der Waals surface area contributed by atoms with Crippen LogP contribution < -0.4 is 15.4 Å². The lowest BCUT2D eigenvalue weighted by Crippen LogP contribution is -2.54. The largest absolute Gasteiger partial charge is 0.493 e. The summed E-state index contributed by atoms with van der Waals surface area (Å²) < 4.78 is 5.79. The van der Waals surface area contributed by atoms with Crippen molar-refractivity contribution in [2.75, 3.05) is 6.61 Å². The molecular formula is C35H42N4O5S. The van der Waals surface area contributed by atoms with Crippen molar-refractivity contribution < 1.29 is 24.5 Å². The summed E-state index contributed by atoms with van der Waals surface area (Å²) in [7, 11) is 0. The molecule has 2 heterocycles. The topological polar surface area (TPSA) is 134 Å². The fourth-order valence-corrected chi connectivity index (χ4v) is 5.63. The first-order valence-electron chi connectivity index (χ1n) is 15.1. The van der Waals surface area contributed by atoms with Crippen LogP contribution in [0.3, 0.4) is 0 Å². The summed E-state index contributed by atoms with van der Waals surface area (Å²) in [4.78, 5) is 35.4. The summed E-state index contributed by atoms with van der Waals surface area (Å²) >= 11 is 1.40. The number of aliphatic carboxylic acids is 1. The standard InChI is InChI=1S/C35H42N4O5S/c1-7-16-44-28-13-12-25(17-21(28)2)26-19-36-31(37-20-26)24-10-8-23(9-11-24)18-27(32(40)38-22(3)34(42)43)39-33(41)29-14-15-30(45-29)35(4,5)6/h8-15,17,19-20,22,27,32,38,40H,7,16,18H2,1-6H3,(H,39,41)(H,42,43). The van der Waals surface area contributed by atoms with E-state index in [0.29, 0.717) is 17.3 Å². The van der Waals surface area contributed by atoms with Crippen LogP contribution in [0.5, 0.6) is 5.75 Å². The van der Waals surface area contributed by atoms with Crippen LogP contribution in [0.2, 0.25) is 0 Å². The normalized spacial score (nSPS) is 13.6. The highest BCUT2D eigenvalue weighted by Gasteiger charge is 2.27. The highest BCUT2D eigenvalue weighted by molar-refractivity contribution is 7.14. The molecule has 4 N–H and O–H groups in total. The predicted molar refractivity (Wildman–Crippen MR) is 178 cm³/mol. The number of amides is 1. The smallest absolute Gasteiger partial charge is 0.320 e. The molecule has 238 valence electrons. The third kappa shape index (κ3) is 8.97. The summed E-state index contributed by atoms with van der Waals surface area (Å²) in [6.07, 6.45) is 3.51. The molecule has 0 radical (unpaired) electrons. The highest BCUT2D eigenvalue weighted by Crippen LogP contribution is 2.30. The van der Waals surface area contributed by atoms with Crippen LogP contribution in [-0.4, -0.2) is 57.0 Å². The molecule has 9 nitrogen and oxygen atoms in total. The van der Waals surface area contributed by atoms with E-state index in [4.69, 9.17) is 4.74 Å². The number of carbonyl (C=O) groups excluding carboxylic acids is 1. The molecule has 2 aromatic heterocycles. The van der Waals surface area contributed by atoms with E-state index in [2.05, 4.69) is 54.4 Å². The van der Waals surface area contributed by atoms with Crippen molar-refractivity contribution in [1.29, 1.82) is 0 Å². The van der Waals surface area contributed by atoms with Crippen LogP contribution in [0, 0.1) is 6.92 Å². The van der Waals surface area contributed by atoms with Crippen molar-refractivity contribution in [2.45, 2.75) is 78.1 Å². The Bertz CT molecular complexity index is 1600. The summed E-state index contributed by atoms with van der Waals surface area (Å²) in [5.74, 6) is 0.0171. The van der Waals surface area contributed by atoms with Crippen LogP contribution in [0.25, 0.3) is 22.5 Å². The van der Waals surface area contributed by atoms with Gasteiger partial charge in [-0.1, -0.05) is 58.0 Å². The molecule has 0 saturated heterocycles. The Balaban J connectivity index is 1.48. The van der Waals surface area contributed by atoms with Crippen LogP contribution in [0.4, 0.5) is 0 Å². The number of nitrogens with zero attached hydrogens (tertiary/aromatic N) is 2. The van der Waals surface area contributed by atoms with Gasteiger partial charge in [-0.25, -0.2) is 9.97 Å². The molecule has 4 rings (SSSR count). The van der Waals surface area contributed by atoms with Crippen molar-refractivity contribution in [3.8, 4) is 28.3 Å². The van der Waals surface area contributed by atoms with E-state index in [-0.39, 0.29) is 17.7 Å². The number of hydrogen-bond donors (Lipinski definition) is 4. The molecule has 1 amide bonds. The number of nitrogens with one attached hydrogen (secondary N) is 2. The SMILES string of the molecule is CCCOc1ccc(-c2cnc(-c3ccc(CC(NC(=O)c4ccc(C(C)(C)C)s4)C(O)NC(C)C(=O)O)cc3)nc2)cc1C. The Hall–Kier alpha value is -4.12. The number of thiophene rings is 1. The first-order chi connectivity index (χ1) is 21.3. The lowest BCUT2D eigenvalue weighted by Gasteiger charge is -2.26. The Morgan fingerprint density at radius 3 is 2.22 bits per heavy atom. The second-order valence-electron chi connectivity index (χ2n) is 12.2. The van der Waals surface area contributed by atoms with Gasteiger partial charge in [0.1, 0.15) is 18.0 Å². The van der Waals surface area contributed by atoms with Crippen molar-refractivity contribution in [3.05, 3.63) is 87.9 Å².